The zero-order chi connectivity index (χ0) is 15.6. The molecule has 1 saturated heterocycles. The number of anilines is 1. The minimum absolute atomic E-state index is 0.0569. The summed E-state index contributed by atoms with van der Waals surface area (Å²) in [6, 6.07) is 1.45. The average molecular weight is 293 g/mol. The summed E-state index contributed by atoms with van der Waals surface area (Å²) in [6.07, 6.45) is -0.0569. The van der Waals surface area contributed by atoms with E-state index in [4.69, 9.17) is 15.6 Å². The van der Waals surface area contributed by atoms with Gasteiger partial charge in [-0.15, -0.1) is 0 Å². The first-order valence-corrected chi connectivity index (χ1v) is 6.74. The van der Waals surface area contributed by atoms with Crippen molar-refractivity contribution >= 4 is 17.6 Å². The Hall–Kier alpha value is -2.15. The Labute approximate surface area is 122 Å². The summed E-state index contributed by atoms with van der Waals surface area (Å²) >= 11 is 0. The largest absolute Gasteiger partial charge is 0.481 e. The highest BCUT2D eigenvalue weighted by Gasteiger charge is 2.29. The molecule has 0 aromatic carbocycles. The minimum Gasteiger partial charge on any atom is -0.481 e. The molecule has 1 aliphatic rings. The number of morpholine rings is 1. The molecule has 7 nitrogen and oxygen atoms in total. The second-order valence-corrected chi connectivity index (χ2v) is 5.13. The molecule has 1 aliphatic heterocycles. The van der Waals surface area contributed by atoms with Gasteiger partial charge in [0, 0.05) is 12.2 Å². The van der Waals surface area contributed by atoms with E-state index in [1.165, 1.54) is 0 Å². The van der Waals surface area contributed by atoms with Crippen LogP contribution in [-0.4, -0.2) is 47.8 Å². The van der Waals surface area contributed by atoms with Gasteiger partial charge in [0.1, 0.15) is 0 Å². The van der Waals surface area contributed by atoms with Gasteiger partial charge in [0.05, 0.1) is 42.6 Å². The van der Waals surface area contributed by atoms with Crippen molar-refractivity contribution in [1.82, 2.24) is 4.98 Å². The van der Waals surface area contributed by atoms with Crippen molar-refractivity contribution in [1.29, 1.82) is 0 Å². The molecule has 1 atom stereocenters. The summed E-state index contributed by atoms with van der Waals surface area (Å²) in [5.41, 5.74) is 7.76. The number of hydrogen-bond donors (Lipinski definition) is 2. The lowest BCUT2D eigenvalue weighted by atomic mass is 10.0. The minimum atomic E-state index is -0.904. The zero-order valence-corrected chi connectivity index (χ0v) is 12.1. The lowest BCUT2D eigenvalue weighted by Crippen LogP contribution is -2.47. The van der Waals surface area contributed by atoms with Gasteiger partial charge in [-0.05, 0) is 19.9 Å². The highest BCUT2D eigenvalue weighted by molar-refractivity contribution is 6.00. The smallest absolute Gasteiger partial charge is 0.305 e. The molecular weight excluding hydrogens is 274 g/mol. The van der Waals surface area contributed by atoms with Gasteiger partial charge >= 0.3 is 5.97 Å². The van der Waals surface area contributed by atoms with Crippen LogP contribution in [0.4, 0.5) is 5.69 Å². The van der Waals surface area contributed by atoms with Crippen LogP contribution >= 0.6 is 0 Å². The number of carboxylic acid groups (broad SMARTS) is 1. The third-order valence-electron chi connectivity index (χ3n) is 3.50. The number of ether oxygens (including phenoxy) is 1. The van der Waals surface area contributed by atoms with Crippen LogP contribution < -0.4 is 10.6 Å². The first-order valence-electron chi connectivity index (χ1n) is 6.74. The van der Waals surface area contributed by atoms with Gasteiger partial charge in [-0.1, -0.05) is 0 Å². The average Bonchev–Trinajstić information content (AvgIpc) is 2.37. The lowest BCUT2D eigenvalue weighted by molar-refractivity contribution is -0.138. The molecular formula is C14H19N3O4. The van der Waals surface area contributed by atoms with Crippen molar-refractivity contribution in [2.75, 3.05) is 24.7 Å². The molecule has 114 valence electrons. The number of primary amides is 1. The summed E-state index contributed by atoms with van der Waals surface area (Å²) in [7, 11) is 0. The fourth-order valence-electron chi connectivity index (χ4n) is 2.68. The maximum absolute atomic E-state index is 11.7. The van der Waals surface area contributed by atoms with E-state index >= 15 is 0 Å². The van der Waals surface area contributed by atoms with E-state index in [-0.39, 0.29) is 12.5 Å². The van der Waals surface area contributed by atoms with E-state index < -0.39 is 11.9 Å². The normalized spacial score (nSPS) is 18.6. The number of aromatic nitrogens is 1. The molecule has 0 radical (unpaired) electrons. The standard InChI is InChI=1S/C14H19N3O4/c1-8-5-11(13(14(15)20)9(2)16-8)17-3-4-21-7-10(17)6-12(18)19/h5,10H,3-4,6-7H2,1-2H3,(H2,15,20)(H,18,19). The summed E-state index contributed by atoms with van der Waals surface area (Å²) in [5.74, 6) is -1.46. The second kappa shape index (κ2) is 6.09. The van der Waals surface area contributed by atoms with Crippen LogP contribution in [0.25, 0.3) is 0 Å². The molecule has 3 N–H and O–H groups in total. The number of rotatable bonds is 4. The van der Waals surface area contributed by atoms with Crippen LogP contribution in [0.15, 0.2) is 6.07 Å². The third kappa shape index (κ3) is 3.30. The maximum atomic E-state index is 11.7. The van der Waals surface area contributed by atoms with Crippen molar-refractivity contribution in [3.8, 4) is 0 Å². The number of aryl methyl sites for hydroxylation is 2. The fraction of sp³-hybridized carbons (Fsp3) is 0.500. The number of aliphatic carboxylic acids is 1. The summed E-state index contributed by atoms with van der Waals surface area (Å²) in [6.45, 7) is 4.86. The van der Waals surface area contributed by atoms with Crippen LogP contribution in [0.5, 0.6) is 0 Å². The lowest BCUT2D eigenvalue weighted by Gasteiger charge is -2.37. The van der Waals surface area contributed by atoms with Crippen molar-refractivity contribution in [2.45, 2.75) is 26.3 Å². The quantitative estimate of drug-likeness (QED) is 0.836. The van der Waals surface area contributed by atoms with Crippen molar-refractivity contribution in [3.05, 3.63) is 23.0 Å². The van der Waals surface area contributed by atoms with Crippen LogP contribution in [0.3, 0.4) is 0 Å². The number of nitrogens with two attached hydrogens (primary N) is 1. The van der Waals surface area contributed by atoms with E-state index in [0.29, 0.717) is 36.7 Å². The summed E-state index contributed by atoms with van der Waals surface area (Å²) in [5, 5.41) is 9.03. The summed E-state index contributed by atoms with van der Waals surface area (Å²) < 4.78 is 5.36. The van der Waals surface area contributed by atoms with Crippen LogP contribution in [-0.2, 0) is 9.53 Å². The van der Waals surface area contributed by atoms with Gasteiger partial charge in [-0.2, -0.15) is 0 Å². The van der Waals surface area contributed by atoms with Crippen molar-refractivity contribution in [2.24, 2.45) is 5.73 Å². The van der Waals surface area contributed by atoms with Crippen molar-refractivity contribution < 1.29 is 19.4 Å². The van der Waals surface area contributed by atoms with Gasteiger partial charge in [-0.25, -0.2) is 0 Å². The molecule has 0 bridgehead atoms. The topological polar surface area (TPSA) is 106 Å². The van der Waals surface area contributed by atoms with Gasteiger partial charge < -0.3 is 20.5 Å². The van der Waals surface area contributed by atoms with Gasteiger partial charge in [0.15, 0.2) is 0 Å². The predicted molar refractivity (Wildman–Crippen MR) is 76.4 cm³/mol. The highest BCUT2D eigenvalue weighted by Crippen LogP contribution is 2.28. The second-order valence-electron chi connectivity index (χ2n) is 5.13. The molecule has 21 heavy (non-hydrogen) atoms. The molecule has 1 aromatic heterocycles. The molecule has 2 rings (SSSR count). The Kier molecular flexibility index (Phi) is 4.42. The molecule has 2 heterocycles. The number of hydrogen-bond acceptors (Lipinski definition) is 5. The molecule has 7 heteroatoms. The van der Waals surface area contributed by atoms with E-state index in [2.05, 4.69) is 4.98 Å². The molecule has 1 amide bonds. The van der Waals surface area contributed by atoms with Crippen LogP contribution in [0.2, 0.25) is 0 Å². The number of nitrogens with zero attached hydrogens (tertiary/aromatic N) is 2. The van der Waals surface area contributed by atoms with E-state index in [1.807, 2.05) is 11.8 Å². The number of carbonyl (C=O) groups excluding carboxylic acids is 1. The number of carbonyl (C=O) groups is 2. The molecule has 1 aromatic rings. The number of amides is 1. The SMILES string of the molecule is Cc1cc(N2CCOCC2CC(=O)O)c(C(N)=O)c(C)n1. The molecule has 1 unspecified atom stereocenters. The zero-order valence-electron chi connectivity index (χ0n) is 12.1. The van der Waals surface area contributed by atoms with Gasteiger partial charge in [0.25, 0.3) is 5.91 Å². The summed E-state index contributed by atoms with van der Waals surface area (Å²) in [4.78, 5) is 28.9. The fourth-order valence-corrected chi connectivity index (χ4v) is 2.68. The van der Waals surface area contributed by atoms with E-state index in [9.17, 15) is 9.59 Å². The number of pyridine rings is 1. The predicted octanol–water partition coefficient (Wildman–Crippen LogP) is 0.477. The molecule has 0 saturated carbocycles. The van der Waals surface area contributed by atoms with Crippen LogP contribution in [0, 0.1) is 13.8 Å². The molecule has 0 aliphatic carbocycles. The Balaban J connectivity index is 2.46. The highest BCUT2D eigenvalue weighted by atomic mass is 16.5. The Morgan fingerprint density at radius 2 is 2.24 bits per heavy atom. The van der Waals surface area contributed by atoms with E-state index in [0.717, 1.165) is 5.69 Å². The van der Waals surface area contributed by atoms with Gasteiger partial charge in [0.2, 0.25) is 0 Å². The first-order chi connectivity index (χ1) is 9.90. The van der Waals surface area contributed by atoms with Gasteiger partial charge in [-0.3, -0.25) is 14.6 Å². The molecule has 0 spiro atoms. The first kappa shape index (κ1) is 15.2. The Morgan fingerprint density at radius 1 is 1.52 bits per heavy atom. The van der Waals surface area contributed by atoms with Crippen LogP contribution in [0.1, 0.15) is 28.2 Å². The van der Waals surface area contributed by atoms with Crippen molar-refractivity contribution in [3.63, 3.8) is 0 Å². The monoisotopic (exact) mass is 293 g/mol. The third-order valence-corrected chi connectivity index (χ3v) is 3.50. The number of carboxylic acids is 1. The maximum Gasteiger partial charge on any atom is 0.305 e. The Bertz CT molecular complexity index is 574. The molecule has 1 fully saturated rings. The van der Waals surface area contributed by atoms with E-state index in [1.54, 1.807) is 13.0 Å². The Morgan fingerprint density at radius 3 is 2.86 bits per heavy atom.